The maximum absolute atomic E-state index is 12.4. The van der Waals surface area contributed by atoms with Crippen molar-refractivity contribution in [2.75, 3.05) is 0 Å². The van der Waals surface area contributed by atoms with Crippen molar-refractivity contribution >= 4 is 59.6 Å². The van der Waals surface area contributed by atoms with Crippen molar-refractivity contribution in [3.8, 4) is 0 Å². The van der Waals surface area contributed by atoms with Crippen molar-refractivity contribution in [2.45, 2.75) is 45.4 Å². The van der Waals surface area contributed by atoms with Crippen molar-refractivity contribution < 1.29 is 4.79 Å². The van der Waals surface area contributed by atoms with Gasteiger partial charge in [-0.3, -0.25) is 4.79 Å². The number of rotatable bonds is 9. The highest BCUT2D eigenvalue weighted by atomic mass is 79.9. The van der Waals surface area contributed by atoms with Gasteiger partial charge in [0.1, 0.15) is 0 Å². The van der Waals surface area contributed by atoms with E-state index in [-0.39, 0.29) is 5.78 Å². The van der Waals surface area contributed by atoms with Gasteiger partial charge in [-0.25, -0.2) is 0 Å². The predicted octanol–water partition coefficient (Wildman–Crippen LogP) is 8.38. The van der Waals surface area contributed by atoms with Crippen LogP contribution in [0.15, 0.2) is 55.9 Å². The van der Waals surface area contributed by atoms with Crippen LogP contribution in [0, 0.1) is 0 Å². The third kappa shape index (κ3) is 6.47. The molecule has 0 saturated carbocycles. The smallest absolute Gasteiger partial charge is 0.187 e. The van der Waals surface area contributed by atoms with Gasteiger partial charge in [-0.15, -0.1) is 0 Å². The molecule has 2 rings (SSSR count). The van der Waals surface area contributed by atoms with Crippen molar-refractivity contribution in [2.24, 2.45) is 0 Å². The zero-order valence-corrected chi connectivity index (χ0v) is 19.7. The predicted molar refractivity (Wildman–Crippen MR) is 122 cm³/mol. The fraction of sp³-hybridized carbons (Fsp3) is 0.318. The van der Waals surface area contributed by atoms with Crippen LogP contribution in [0.25, 0.3) is 6.08 Å². The molecule has 0 amide bonds. The minimum Gasteiger partial charge on any atom is -0.289 e. The molecule has 26 heavy (non-hydrogen) atoms. The normalized spacial score (nSPS) is 11.2. The summed E-state index contributed by atoms with van der Waals surface area (Å²) in [5.74, 6) is -0.0231. The summed E-state index contributed by atoms with van der Waals surface area (Å²) in [7, 11) is 0. The zero-order valence-electron chi connectivity index (χ0n) is 14.9. The number of carbonyl (C=O) groups is 1. The second-order valence-corrected chi connectivity index (χ2v) is 8.77. The molecule has 0 aromatic heterocycles. The van der Waals surface area contributed by atoms with Gasteiger partial charge in [0.25, 0.3) is 0 Å². The molecular formula is C22H23Br3O. The first-order valence-electron chi connectivity index (χ1n) is 8.97. The van der Waals surface area contributed by atoms with Crippen LogP contribution in [0.1, 0.15) is 60.5 Å². The van der Waals surface area contributed by atoms with Crippen LogP contribution in [-0.2, 0) is 6.42 Å². The van der Waals surface area contributed by atoms with Gasteiger partial charge in [0.15, 0.2) is 5.78 Å². The van der Waals surface area contributed by atoms with Crippen LogP contribution < -0.4 is 0 Å². The molecule has 0 bridgehead atoms. The molecule has 4 heteroatoms. The first-order chi connectivity index (χ1) is 12.5. The summed E-state index contributed by atoms with van der Waals surface area (Å²) in [6.07, 6.45) is 11.1. The Balaban J connectivity index is 1.94. The van der Waals surface area contributed by atoms with Gasteiger partial charge in [0, 0.05) is 19.0 Å². The van der Waals surface area contributed by atoms with E-state index in [2.05, 4.69) is 79.0 Å². The van der Waals surface area contributed by atoms with E-state index in [4.69, 9.17) is 0 Å². The fourth-order valence-corrected chi connectivity index (χ4v) is 4.19. The Bertz CT molecular complexity index is 764. The summed E-state index contributed by atoms with van der Waals surface area (Å²) in [4.78, 5) is 12.4. The molecule has 0 N–H and O–H groups in total. The molecule has 2 aromatic rings. The number of benzene rings is 2. The highest BCUT2D eigenvalue weighted by molar-refractivity contribution is 9.14. The number of aryl methyl sites for hydroxylation is 1. The molecule has 0 aliphatic carbocycles. The summed E-state index contributed by atoms with van der Waals surface area (Å²) >= 11 is 10.4. The van der Waals surface area contributed by atoms with E-state index in [9.17, 15) is 4.79 Å². The van der Waals surface area contributed by atoms with Gasteiger partial charge in [-0.2, -0.15) is 0 Å². The monoisotopic (exact) mass is 540 g/mol. The second-order valence-electron chi connectivity index (χ2n) is 6.33. The van der Waals surface area contributed by atoms with Crippen molar-refractivity contribution in [1.29, 1.82) is 0 Å². The lowest BCUT2D eigenvalue weighted by Gasteiger charge is -2.05. The minimum atomic E-state index is -0.0231. The first-order valence-corrected chi connectivity index (χ1v) is 11.4. The lowest BCUT2D eigenvalue weighted by molar-refractivity contribution is 0.104. The SMILES string of the molecule is CCCCCCCc1ccc(C=CC(=O)c2ccc(Br)c(Br)c2Br)cc1. The summed E-state index contributed by atoms with van der Waals surface area (Å²) in [5, 5.41) is 0. The van der Waals surface area contributed by atoms with E-state index in [0.29, 0.717) is 5.56 Å². The average molecular weight is 543 g/mol. The third-order valence-corrected chi connectivity index (χ3v) is 7.65. The number of carbonyl (C=O) groups excluding carboxylic acids is 1. The van der Waals surface area contributed by atoms with E-state index in [1.54, 1.807) is 6.08 Å². The molecule has 0 aliphatic heterocycles. The second kappa shape index (κ2) is 11.2. The van der Waals surface area contributed by atoms with Crippen molar-refractivity contribution in [3.05, 3.63) is 72.6 Å². The maximum Gasteiger partial charge on any atom is 0.187 e. The Morgan fingerprint density at radius 3 is 2.27 bits per heavy atom. The van der Waals surface area contributed by atoms with Crippen LogP contribution in [-0.4, -0.2) is 5.78 Å². The molecule has 0 aliphatic rings. The van der Waals surface area contributed by atoms with Crippen LogP contribution in [0.4, 0.5) is 0 Å². The molecule has 0 fully saturated rings. The Morgan fingerprint density at radius 1 is 0.885 bits per heavy atom. The quantitative estimate of drug-likeness (QED) is 0.135. The lowest BCUT2D eigenvalue weighted by atomic mass is 10.0. The minimum absolute atomic E-state index is 0.0231. The molecule has 2 aromatic carbocycles. The number of hydrogen-bond acceptors (Lipinski definition) is 1. The molecule has 1 nitrogen and oxygen atoms in total. The molecule has 0 atom stereocenters. The number of ketones is 1. The van der Waals surface area contributed by atoms with Crippen LogP contribution in [0.5, 0.6) is 0 Å². The number of hydrogen-bond donors (Lipinski definition) is 0. The summed E-state index contributed by atoms with van der Waals surface area (Å²) in [6.45, 7) is 2.24. The standard InChI is InChI=1S/C22H23Br3O/c1-2-3-4-5-6-7-16-8-10-17(11-9-16)12-15-20(26)18-13-14-19(23)22(25)21(18)24/h8-15H,2-7H2,1H3. The van der Waals surface area contributed by atoms with Gasteiger partial charge in [0.2, 0.25) is 0 Å². The number of allylic oxidation sites excluding steroid dienone is 1. The zero-order chi connectivity index (χ0) is 18.9. The first kappa shape index (κ1) is 21.6. The Morgan fingerprint density at radius 2 is 1.58 bits per heavy atom. The molecule has 0 saturated heterocycles. The highest BCUT2D eigenvalue weighted by Gasteiger charge is 2.12. The van der Waals surface area contributed by atoms with Gasteiger partial charge in [-0.1, -0.05) is 62.9 Å². The average Bonchev–Trinajstić information content (AvgIpc) is 2.65. The third-order valence-electron chi connectivity index (χ3n) is 4.28. The number of halogens is 3. The molecule has 0 spiro atoms. The van der Waals surface area contributed by atoms with Gasteiger partial charge in [0.05, 0.1) is 0 Å². The Labute approximate surface area is 181 Å². The van der Waals surface area contributed by atoms with E-state index < -0.39 is 0 Å². The maximum atomic E-state index is 12.4. The van der Waals surface area contributed by atoms with Gasteiger partial charge in [-0.05, 0) is 90.0 Å². The molecule has 0 unspecified atom stereocenters. The largest absolute Gasteiger partial charge is 0.289 e. The van der Waals surface area contributed by atoms with Crippen molar-refractivity contribution in [3.63, 3.8) is 0 Å². The highest BCUT2D eigenvalue weighted by Crippen LogP contribution is 2.34. The van der Waals surface area contributed by atoms with E-state index in [1.165, 1.54) is 37.7 Å². The molecular weight excluding hydrogens is 520 g/mol. The molecule has 138 valence electrons. The summed E-state index contributed by atoms with van der Waals surface area (Å²) < 4.78 is 2.52. The van der Waals surface area contributed by atoms with Crippen LogP contribution in [0.2, 0.25) is 0 Å². The van der Waals surface area contributed by atoms with E-state index in [1.807, 2.05) is 18.2 Å². The Kier molecular flexibility index (Phi) is 9.30. The van der Waals surface area contributed by atoms with Crippen LogP contribution in [0.3, 0.4) is 0 Å². The van der Waals surface area contributed by atoms with Crippen molar-refractivity contribution in [1.82, 2.24) is 0 Å². The van der Waals surface area contributed by atoms with E-state index in [0.717, 1.165) is 25.4 Å². The lowest BCUT2D eigenvalue weighted by Crippen LogP contribution is -1.96. The molecule has 0 radical (unpaired) electrons. The Hall–Kier alpha value is -0.710. The summed E-state index contributed by atoms with van der Waals surface area (Å²) in [5.41, 5.74) is 3.05. The summed E-state index contributed by atoms with van der Waals surface area (Å²) in [6, 6.07) is 12.2. The van der Waals surface area contributed by atoms with Gasteiger partial charge >= 0.3 is 0 Å². The number of unbranched alkanes of at least 4 members (excludes halogenated alkanes) is 4. The van der Waals surface area contributed by atoms with E-state index >= 15 is 0 Å². The fourth-order valence-electron chi connectivity index (χ4n) is 2.71. The van der Waals surface area contributed by atoms with Gasteiger partial charge < -0.3 is 0 Å². The van der Waals surface area contributed by atoms with Crippen LogP contribution >= 0.6 is 47.8 Å². The topological polar surface area (TPSA) is 17.1 Å². The molecule has 0 heterocycles.